The first kappa shape index (κ1) is 19.8. The van der Waals surface area contributed by atoms with Crippen LogP contribution in [-0.2, 0) is 23.3 Å². The maximum atomic E-state index is 13.1. The van der Waals surface area contributed by atoms with Crippen LogP contribution >= 0.6 is 0 Å². The number of carbonyl (C=O) groups excluding carboxylic acids is 1. The number of amides is 1. The molecule has 0 bridgehead atoms. The predicted octanol–water partition coefficient (Wildman–Crippen LogP) is 4.06. The molecule has 0 radical (unpaired) electrons. The van der Waals surface area contributed by atoms with Crippen molar-refractivity contribution >= 4 is 5.91 Å². The summed E-state index contributed by atoms with van der Waals surface area (Å²) in [6, 6.07) is 11.1. The minimum atomic E-state index is 0.0101. The zero-order valence-electron chi connectivity index (χ0n) is 18.6. The van der Waals surface area contributed by atoms with E-state index in [0.29, 0.717) is 11.9 Å². The molecule has 1 saturated carbocycles. The Labute approximate surface area is 180 Å². The molecule has 1 spiro atoms. The first-order valence-corrected chi connectivity index (χ1v) is 11.6. The molecule has 3 aliphatic rings. The lowest BCUT2D eigenvalue weighted by atomic mass is 9.72. The van der Waals surface area contributed by atoms with E-state index >= 15 is 0 Å². The van der Waals surface area contributed by atoms with Crippen molar-refractivity contribution in [2.75, 3.05) is 19.6 Å². The summed E-state index contributed by atoms with van der Waals surface area (Å²) in [5, 5.41) is 0. The molecule has 1 saturated heterocycles. The SMILES string of the molecule is Cc1nc2c(n1C(C)C)CN(C(=O)C1CC1)CC21CCN(Cc2ccccc2)CC1. The van der Waals surface area contributed by atoms with E-state index in [1.165, 1.54) is 17.0 Å². The third-order valence-electron chi connectivity index (χ3n) is 7.34. The van der Waals surface area contributed by atoms with Crippen molar-refractivity contribution in [2.24, 2.45) is 5.92 Å². The van der Waals surface area contributed by atoms with Crippen LogP contribution < -0.4 is 0 Å². The molecule has 1 aromatic heterocycles. The Morgan fingerprint density at radius 1 is 1.17 bits per heavy atom. The normalized spacial score (nSPS) is 21.3. The van der Waals surface area contributed by atoms with Gasteiger partial charge < -0.3 is 9.47 Å². The van der Waals surface area contributed by atoms with Gasteiger partial charge in [-0.25, -0.2) is 4.98 Å². The van der Waals surface area contributed by atoms with Gasteiger partial charge in [-0.15, -0.1) is 0 Å². The number of benzene rings is 1. The summed E-state index contributed by atoms with van der Waals surface area (Å²) in [5.74, 6) is 1.75. The van der Waals surface area contributed by atoms with Crippen LogP contribution in [0, 0.1) is 12.8 Å². The van der Waals surface area contributed by atoms with E-state index in [1.807, 2.05) is 0 Å². The fourth-order valence-corrected chi connectivity index (χ4v) is 5.65. The number of hydrogen-bond acceptors (Lipinski definition) is 3. The van der Waals surface area contributed by atoms with Crippen LogP contribution in [0.1, 0.15) is 68.3 Å². The fraction of sp³-hybridized carbons (Fsp3) is 0.600. The molecule has 2 aromatic rings. The second-order valence-corrected chi connectivity index (χ2v) is 9.93. The Balaban J connectivity index is 1.42. The molecule has 30 heavy (non-hydrogen) atoms. The quantitative estimate of drug-likeness (QED) is 0.769. The minimum absolute atomic E-state index is 0.0101. The Morgan fingerprint density at radius 2 is 1.87 bits per heavy atom. The summed E-state index contributed by atoms with van der Waals surface area (Å²) in [5.41, 5.74) is 3.96. The van der Waals surface area contributed by atoms with Crippen molar-refractivity contribution in [3.63, 3.8) is 0 Å². The lowest BCUT2D eigenvalue weighted by Crippen LogP contribution is -2.53. The van der Waals surface area contributed by atoms with Gasteiger partial charge >= 0.3 is 0 Å². The summed E-state index contributed by atoms with van der Waals surface area (Å²) in [4.78, 5) is 22.9. The molecule has 160 valence electrons. The molecule has 0 atom stereocenters. The van der Waals surface area contributed by atoms with Crippen molar-refractivity contribution in [3.05, 3.63) is 53.1 Å². The van der Waals surface area contributed by atoms with Crippen LogP contribution in [0.2, 0.25) is 0 Å². The van der Waals surface area contributed by atoms with E-state index in [1.54, 1.807) is 0 Å². The molecule has 5 heteroatoms. The van der Waals surface area contributed by atoms with E-state index in [2.05, 4.69) is 65.5 Å². The molecule has 1 aromatic carbocycles. The summed E-state index contributed by atoms with van der Waals surface area (Å²) in [7, 11) is 0. The topological polar surface area (TPSA) is 41.4 Å². The number of aryl methyl sites for hydroxylation is 1. The largest absolute Gasteiger partial charge is 0.336 e. The van der Waals surface area contributed by atoms with Gasteiger partial charge in [0.15, 0.2) is 0 Å². The second-order valence-electron chi connectivity index (χ2n) is 9.93. The van der Waals surface area contributed by atoms with E-state index in [4.69, 9.17) is 4.98 Å². The lowest BCUT2D eigenvalue weighted by Gasteiger charge is -2.47. The molecular formula is C25H34N4O. The van der Waals surface area contributed by atoms with Crippen LogP contribution in [0.15, 0.2) is 30.3 Å². The number of aromatic nitrogens is 2. The first-order valence-electron chi connectivity index (χ1n) is 11.6. The molecule has 3 heterocycles. The van der Waals surface area contributed by atoms with Gasteiger partial charge in [0.2, 0.25) is 5.91 Å². The second kappa shape index (κ2) is 7.52. The summed E-state index contributed by atoms with van der Waals surface area (Å²) >= 11 is 0. The maximum Gasteiger partial charge on any atom is 0.226 e. The van der Waals surface area contributed by atoms with Crippen LogP contribution in [0.5, 0.6) is 0 Å². The van der Waals surface area contributed by atoms with Crippen molar-refractivity contribution in [1.29, 1.82) is 0 Å². The smallest absolute Gasteiger partial charge is 0.226 e. The Kier molecular flexibility index (Phi) is 4.97. The standard InChI is InChI=1S/C25H34N4O/c1-18(2)29-19(3)26-23-22(29)16-28(24(30)21-9-10-21)17-25(23)11-13-27(14-12-25)15-20-7-5-4-6-8-20/h4-8,18,21H,9-17H2,1-3H3. The monoisotopic (exact) mass is 406 g/mol. The van der Waals surface area contributed by atoms with Gasteiger partial charge in [0.25, 0.3) is 0 Å². The van der Waals surface area contributed by atoms with Gasteiger partial charge in [0.05, 0.1) is 17.9 Å². The van der Waals surface area contributed by atoms with Gasteiger partial charge in [-0.2, -0.15) is 0 Å². The number of nitrogens with zero attached hydrogens (tertiary/aromatic N) is 4. The lowest BCUT2D eigenvalue weighted by molar-refractivity contribution is -0.135. The number of piperidine rings is 1. The Morgan fingerprint density at radius 3 is 2.50 bits per heavy atom. The van der Waals surface area contributed by atoms with Gasteiger partial charge in [0, 0.05) is 30.5 Å². The molecule has 1 aliphatic carbocycles. The number of imidazole rings is 1. The number of carbonyl (C=O) groups is 1. The van der Waals surface area contributed by atoms with Crippen LogP contribution in [0.3, 0.4) is 0 Å². The van der Waals surface area contributed by atoms with Crippen LogP contribution in [-0.4, -0.2) is 44.9 Å². The maximum absolute atomic E-state index is 13.1. The number of likely N-dealkylation sites (tertiary alicyclic amines) is 1. The molecule has 1 amide bonds. The van der Waals surface area contributed by atoms with Crippen molar-refractivity contribution < 1.29 is 4.79 Å². The van der Waals surface area contributed by atoms with Gasteiger partial charge in [-0.1, -0.05) is 30.3 Å². The van der Waals surface area contributed by atoms with E-state index in [0.717, 1.165) is 64.2 Å². The van der Waals surface area contributed by atoms with E-state index in [9.17, 15) is 4.79 Å². The van der Waals surface area contributed by atoms with Crippen LogP contribution in [0.4, 0.5) is 0 Å². The third kappa shape index (κ3) is 3.47. The predicted molar refractivity (Wildman–Crippen MR) is 118 cm³/mol. The van der Waals surface area contributed by atoms with E-state index < -0.39 is 0 Å². The highest BCUT2D eigenvalue weighted by molar-refractivity contribution is 5.81. The summed E-state index contributed by atoms with van der Waals surface area (Å²) in [6.45, 7) is 11.3. The third-order valence-corrected chi connectivity index (χ3v) is 7.34. The van der Waals surface area contributed by atoms with Gasteiger partial charge in [0.1, 0.15) is 5.82 Å². The van der Waals surface area contributed by atoms with Gasteiger partial charge in [-0.3, -0.25) is 9.69 Å². The van der Waals surface area contributed by atoms with Crippen molar-refractivity contribution in [1.82, 2.24) is 19.4 Å². The molecular weight excluding hydrogens is 372 g/mol. The van der Waals surface area contributed by atoms with Crippen molar-refractivity contribution in [3.8, 4) is 0 Å². The average Bonchev–Trinajstić information content (AvgIpc) is 3.52. The highest BCUT2D eigenvalue weighted by Gasteiger charge is 2.48. The molecule has 5 nitrogen and oxygen atoms in total. The first-order chi connectivity index (χ1) is 14.5. The summed E-state index contributed by atoms with van der Waals surface area (Å²) < 4.78 is 2.37. The number of hydrogen-bond donors (Lipinski definition) is 0. The van der Waals surface area contributed by atoms with Crippen molar-refractivity contribution in [2.45, 2.75) is 71.0 Å². The molecule has 2 aliphatic heterocycles. The fourth-order valence-electron chi connectivity index (χ4n) is 5.65. The minimum Gasteiger partial charge on any atom is -0.336 e. The molecule has 2 fully saturated rings. The zero-order chi connectivity index (χ0) is 20.9. The summed E-state index contributed by atoms with van der Waals surface area (Å²) in [6.07, 6.45) is 4.30. The van der Waals surface area contributed by atoms with Crippen LogP contribution in [0.25, 0.3) is 0 Å². The zero-order valence-corrected chi connectivity index (χ0v) is 18.6. The molecule has 0 unspecified atom stereocenters. The van der Waals surface area contributed by atoms with Gasteiger partial charge in [-0.05, 0) is 65.1 Å². The average molecular weight is 407 g/mol. The molecule has 5 rings (SSSR count). The number of fused-ring (bicyclic) bond motifs is 2. The Hall–Kier alpha value is -2.14. The highest BCUT2D eigenvalue weighted by Crippen LogP contribution is 2.44. The van der Waals surface area contributed by atoms with E-state index in [-0.39, 0.29) is 11.3 Å². The highest BCUT2D eigenvalue weighted by atomic mass is 16.2. The Bertz CT molecular complexity index is 920. The number of rotatable bonds is 4. The molecule has 0 N–H and O–H groups in total.